The number of hydrogen-bond donors (Lipinski definition) is 2. The van der Waals surface area contributed by atoms with Crippen LogP contribution in [0.25, 0.3) is 5.57 Å². The normalized spacial score (nSPS) is 11.0. The Kier molecular flexibility index (Phi) is 6.98. The number of hydrogen-bond acceptors (Lipinski definition) is 5. The summed E-state index contributed by atoms with van der Waals surface area (Å²) in [4.78, 5) is 18.2. The van der Waals surface area contributed by atoms with Gasteiger partial charge in [-0.15, -0.1) is 0 Å². The third-order valence-corrected chi connectivity index (χ3v) is 5.74. The molecule has 146 valence electrons. The Balaban J connectivity index is 2.51. The van der Waals surface area contributed by atoms with Gasteiger partial charge in [-0.2, -0.15) is 0 Å². The molecule has 0 saturated heterocycles. The average molecular weight is 459 g/mol. The summed E-state index contributed by atoms with van der Waals surface area (Å²) in [5, 5.41) is 0. The molecule has 7 nitrogen and oxygen atoms in total. The van der Waals surface area contributed by atoms with Crippen molar-refractivity contribution < 1.29 is 33.1 Å². The maximum absolute atomic E-state index is 11.2. The van der Waals surface area contributed by atoms with E-state index in [1.807, 2.05) is 12.1 Å². The van der Waals surface area contributed by atoms with Crippen molar-refractivity contribution >= 4 is 32.8 Å². The van der Waals surface area contributed by atoms with Gasteiger partial charge < -0.3 is 0 Å². The topological polar surface area (TPSA) is 94.5 Å². The Morgan fingerprint density at radius 3 is 2.11 bits per heavy atom. The quantitative estimate of drug-likeness (QED) is 0.463. The molecule has 27 heavy (non-hydrogen) atoms. The molecule has 2 N–H and O–H groups in total. The van der Waals surface area contributed by atoms with Crippen LogP contribution in [0.5, 0.6) is 23.0 Å². The van der Waals surface area contributed by atoms with Crippen LogP contribution in [0, 0.1) is 0 Å². The molecular weight excluding hydrogens is 438 g/mol. The van der Waals surface area contributed by atoms with E-state index in [2.05, 4.69) is 12.4 Å². The summed E-state index contributed by atoms with van der Waals surface area (Å²) < 4.78 is 32.9. The molecular formula is C18H21O7PSe. The Morgan fingerprint density at radius 2 is 1.59 bits per heavy atom. The molecule has 0 atom stereocenters. The second-order valence-electron chi connectivity index (χ2n) is 5.34. The van der Waals surface area contributed by atoms with Crippen molar-refractivity contribution in [2.75, 3.05) is 21.3 Å². The van der Waals surface area contributed by atoms with E-state index in [1.165, 1.54) is 13.2 Å². The molecule has 0 spiro atoms. The Hall–Kier alpha value is -1.95. The van der Waals surface area contributed by atoms with Gasteiger partial charge in [0.25, 0.3) is 0 Å². The van der Waals surface area contributed by atoms with E-state index in [0.29, 0.717) is 22.6 Å². The Bertz CT molecular complexity index is 866. The number of phosphoric ester groups is 1. The van der Waals surface area contributed by atoms with Crippen molar-refractivity contribution in [1.82, 2.24) is 0 Å². The van der Waals surface area contributed by atoms with Gasteiger partial charge in [0.05, 0.1) is 0 Å². The molecule has 0 aromatic heterocycles. The average Bonchev–Trinajstić information content (AvgIpc) is 2.64. The van der Waals surface area contributed by atoms with Gasteiger partial charge in [-0.25, -0.2) is 0 Å². The van der Waals surface area contributed by atoms with Crippen LogP contribution in [-0.4, -0.2) is 46.1 Å². The first-order valence-electron chi connectivity index (χ1n) is 7.67. The van der Waals surface area contributed by atoms with Crippen LogP contribution in [0.2, 0.25) is 5.82 Å². The van der Waals surface area contributed by atoms with Crippen molar-refractivity contribution in [3.8, 4) is 23.0 Å². The second kappa shape index (κ2) is 8.83. The van der Waals surface area contributed by atoms with Crippen molar-refractivity contribution in [3.63, 3.8) is 0 Å². The fourth-order valence-electron chi connectivity index (χ4n) is 2.49. The molecule has 0 radical (unpaired) electrons. The molecule has 0 saturated carbocycles. The van der Waals surface area contributed by atoms with Crippen LogP contribution in [0.1, 0.15) is 11.1 Å². The third-order valence-electron chi connectivity index (χ3n) is 3.74. The molecule has 2 rings (SSSR count). The fourth-order valence-corrected chi connectivity index (χ4v) is 4.17. The van der Waals surface area contributed by atoms with E-state index in [4.69, 9.17) is 28.5 Å². The maximum atomic E-state index is 11.2. The number of rotatable bonds is 8. The first-order chi connectivity index (χ1) is 12.7. The molecule has 0 fully saturated rings. The van der Waals surface area contributed by atoms with Crippen LogP contribution in [0.4, 0.5) is 0 Å². The van der Waals surface area contributed by atoms with Crippen LogP contribution in [0.15, 0.2) is 36.9 Å². The van der Waals surface area contributed by atoms with E-state index in [-0.39, 0.29) is 26.5 Å². The van der Waals surface area contributed by atoms with Crippen molar-refractivity contribution in [2.24, 2.45) is 0 Å². The van der Waals surface area contributed by atoms with E-state index in [1.54, 1.807) is 26.4 Å². The van der Waals surface area contributed by atoms with Gasteiger partial charge in [0.2, 0.25) is 0 Å². The van der Waals surface area contributed by atoms with E-state index in [0.717, 1.165) is 10.0 Å². The summed E-state index contributed by atoms with van der Waals surface area (Å²) in [5.74, 6) is 3.49. The molecule has 0 bridgehead atoms. The van der Waals surface area contributed by atoms with Crippen LogP contribution in [-0.2, 0) is 4.57 Å². The summed E-state index contributed by atoms with van der Waals surface area (Å²) in [6.07, 6.45) is 0. The zero-order valence-corrected chi connectivity index (χ0v) is 18.0. The number of phosphoric acid groups is 1. The van der Waals surface area contributed by atoms with Gasteiger partial charge in [0.1, 0.15) is 0 Å². The van der Waals surface area contributed by atoms with Gasteiger partial charge in [0, 0.05) is 0 Å². The Morgan fingerprint density at radius 1 is 0.963 bits per heavy atom. The Labute approximate surface area is 164 Å². The predicted octanol–water partition coefficient (Wildman–Crippen LogP) is 2.62. The molecule has 0 aliphatic heterocycles. The van der Waals surface area contributed by atoms with Crippen LogP contribution >= 0.6 is 7.82 Å². The predicted molar refractivity (Wildman–Crippen MR) is 105 cm³/mol. The molecule has 9 heteroatoms. The van der Waals surface area contributed by atoms with E-state index >= 15 is 0 Å². The standard InChI is InChI=1S/C18H21O7PSe/c1-11(13-9-16(23-3)18(24-4)17(10-13)27-5)12-6-7-14(22-2)15(8-12)25-26(19,20)21/h6-10H,1H2,2-5H3,(H2,19,20,21). The monoisotopic (exact) mass is 460 g/mol. The zero-order chi connectivity index (χ0) is 20.2. The minimum absolute atomic E-state index is 0.0649. The molecule has 0 amide bonds. The first-order valence-corrected chi connectivity index (χ1v) is 11.8. The number of ether oxygens (including phenoxy) is 3. The zero-order valence-electron chi connectivity index (χ0n) is 15.4. The molecule has 0 unspecified atom stereocenters. The van der Waals surface area contributed by atoms with Gasteiger partial charge in [-0.1, -0.05) is 0 Å². The van der Waals surface area contributed by atoms with E-state index in [9.17, 15) is 4.57 Å². The molecule has 0 aliphatic rings. The number of benzene rings is 2. The van der Waals surface area contributed by atoms with E-state index < -0.39 is 7.82 Å². The summed E-state index contributed by atoms with van der Waals surface area (Å²) in [7, 11) is -0.181. The summed E-state index contributed by atoms with van der Waals surface area (Å²) in [6.45, 7) is 4.11. The van der Waals surface area contributed by atoms with Crippen molar-refractivity contribution in [1.29, 1.82) is 0 Å². The molecule has 2 aromatic rings. The van der Waals surface area contributed by atoms with Gasteiger partial charge >= 0.3 is 164 Å². The summed E-state index contributed by atoms with van der Waals surface area (Å²) in [6, 6.07) is 8.56. The second-order valence-corrected chi connectivity index (χ2v) is 8.28. The van der Waals surface area contributed by atoms with Crippen LogP contribution in [0.3, 0.4) is 0 Å². The van der Waals surface area contributed by atoms with Crippen molar-refractivity contribution in [3.05, 3.63) is 48.0 Å². The van der Waals surface area contributed by atoms with Crippen molar-refractivity contribution in [2.45, 2.75) is 5.82 Å². The minimum atomic E-state index is -4.73. The number of methoxy groups -OCH3 is 3. The first kappa shape index (κ1) is 21.4. The molecule has 2 aromatic carbocycles. The summed E-state index contributed by atoms with van der Waals surface area (Å²) >= 11 is 0.156. The van der Waals surface area contributed by atoms with Gasteiger partial charge in [0.15, 0.2) is 0 Å². The third kappa shape index (κ3) is 5.06. The SMILES string of the molecule is C=C(c1ccc(OC)c(OP(=O)(O)O)c1)c1cc(OC)c(OC)c([Se]C)c1. The van der Waals surface area contributed by atoms with Gasteiger partial charge in [-0.05, 0) is 0 Å². The fraction of sp³-hybridized carbons (Fsp3) is 0.222. The molecule has 0 aliphatic carbocycles. The van der Waals surface area contributed by atoms with Gasteiger partial charge in [-0.3, -0.25) is 0 Å². The molecule has 0 heterocycles. The van der Waals surface area contributed by atoms with Crippen LogP contribution < -0.4 is 23.2 Å². The summed E-state index contributed by atoms with van der Waals surface area (Å²) in [5.41, 5.74) is 2.07.